The lowest BCUT2D eigenvalue weighted by Crippen LogP contribution is -2.35. The van der Waals surface area contributed by atoms with Gasteiger partial charge in [-0.2, -0.15) is 8.78 Å². The third kappa shape index (κ3) is 3.83. The number of amides is 1. The second kappa shape index (κ2) is 7.66. The summed E-state index contributed by atoms with van der Waals surface area (Å²) in [6.45, 7) is 0. The fraction of sp³-hybridized carbons (Fsp3) is 0.0667. The number of ether oxygens (including phenoxy) is 1. The third-order valence-electron chi connectivity index (χ3n) is 3.00. The van der Waals surface area contributed by atoms with Crippen molar-refractivity contribution in [1.29, 1.82) is 0 Å². The molecule has 0 saturated carbocycles. The summed E-state index contributed by atoms with van der Waals surface area (Å²) in [7, 11) is 0.822. The number of anilines is 1. The van der Waals surface area contributed by atoms with E-state index in [1.54, 1.807) is 12.1 Å². The van der Waals surface area contributed by atoms with Crippen LogP contribution in [0, 0.1) is 23.3 Å². The Kier molecular flexibility index (Phi) is 5.81. The normalized spacial score (nSPS) is 10.3. The number of thiocarbonyl (C=S) groups is 1. The molecular formula is C15H9ClF4N2O2S. The van der Waals surface area contributed by atoms with E-state index >= 15 is 0 Å². The van der Waals surface area contributed by atoms with Gasteiger partial charge in [0.1, 0.15) is 5.56 Å². The van der Waals surface area contributed by atoms with E-state index in [9.17, 15) is 22.4 Å². The fourth-order valence-electron chi connectivity index (χ4n) is 1.87. The number of methoxy groups -OCH3 is 1. The highest BCUT2D eigenvalue weighted by Gasteiger charge is 2.30. The molecule has 2 N–H and O–H groups in total. The van der Waals surface area contributed by atoms with E-state index in [2.05, 4.69) is 10.1 Å². The first-order valence-electron chi connectivity index (χ1n) is 6.54. The predicted octanol–water partition coefficient (Wildman–Crippen LogP) is 4.03. The lowest BCUT2D eigenvalue weighted by Gasteiger charge is -2.13. The van der Waals surface area contributed by atoms with Crippen LogP contribution < -0.4 is 15.4 Å². The molecule has 4 nitrogen and oxygen atoms in total. The zero-order valence-corrected chi connectivity index (χ0v) is 14.0. The number of nitrogens with one attached hydrogen (secondary N) is 2. The fourth-order valence-corrected chi connectivity index (χ4v) is 2.26. The van der Waals surface area contributed by atoms with Gasteiger partial charge < -0.3 is 10.1 Å². The van der Waals surface area contributed by atoms with Gasteiger partial charge in [-0.05, 0) is 24.4 Å². The molecule has 0 aliphatic heterocycles. The Hall–Kier alpha value is -2.39. The topological polar surface area (TPSA) is 50.4 Å². The van der Waals surface area contributed by atoms with Crippen molar-refractivity contribution in [3.8, 4) is 5.75 Å². The van der Waals surface area contributed by atoms with E-state index in [0.717, 1.165) is 7.11 Å². The summed E-state index contributed by atoms with van der Waals surface area (Å²) in [5.74, 6) is -10.3. The van der Waals surface area contributed by atoms with Crippen LogP contribution in [-0.2, 0) is 0 Å². The van der Waals surface area contributed by atoms with Crippen LogP contribution in [0.15, 0.2) is 24.3 Å². The van der Waals surface area contributed by atoms with Gasteiger partial charge in [0, 0.05) is 0 Å². The molecule has 0 radical (unpaired) electrons. The highest BCUT2D eigenvalue weighted by molar-refractivity contribution is 7.80. The Bertz CT molecular complexity index is 835. The zero-order chi connectivity index (χ0) is 18.7. The quantitative estimate of drug-likeness (QED) is 0.470. The molecule has 132 valence electrons. The molecule has 0 heterocycles. The number of rotatable bonds is 3. The minimum Gasteiger partial charge on any atom is -0.491 e. The second-order valence-electron chi connectivity index (χ2n) is 4.55. The molecule has 0 saturated heterocycles. The largest absolute Gasteiger partial charge is 0.491 e. The molecule has 0 aliphatic rings. The maximum absolute atomic E-state index is 13.9. The van der Waals surface area contributed by atoms with Gasteiger partial charge in [0.25, 0.3) is 5.91 Å². The van der Waals surface area contributed by atoms with Crippen molar-refractivity contribution in [3.05, 3.63) is 58.1 Å². The van der Waals surface area contributed by atoms with Crippen molar-refractivity contribution in [3.63, 3.8) is 0 Å². The lowest BCUT2D eigenvalue weighted by molar-refractivity contribution is 0.0966. The molecule has 10 heteroatoms. The molecule has 0 atom stereocenters. The van der Waals surface area contributed by atoms with E-state index < -0.39 is 40.5 Å². The average Bonchev–Trinajstić information content (AvgIpc) is 2.56. The van der Waals surface area contributed by atoms with E-state index in [-0.39, 0.29) is 10.1 Å². The van der Waals surface area contributed by atoms with Gasteiger partial charge in [0.05, 0.1) is 17.8 Å². The summed E-state index contributed by atoms with van der Waals surface area (Å²) in [6, 6.07) is 6.31. The van der Waals surface area contributed by atoms with Gasteiger partial charge in [-0.3, -0.25) is 10.1 Å². The summed E-state index contributed by atoms with van der Waals surface area (Å²) >= 11 is 10.7. The molecule has 0 unspecified atom stereocenters. The minimum absolute atomic E-state index is 0.262. The summed E-state index contributed by atoms with van der Waals surface area (Å²) in [4.78, 5) is 12.0. The Morgan fingerprint density at radius 3 is 2.16 bits per heavy atom. The van der Waals surface area contributed by atoms with Crippen molar-refractivity contribution in [2.75, 3.05) is 12.4 Å². The highest BCUT2D eigenvalue weighted by Crippen LogP contribution is 2.29. The zero-order valence-electron chi connectivity index (χ0n) is 12.4. The summed E-state index contributed by atoms with van der Waals surface area (Å²) in [5.41, 5.74) is -1.17. The third-order valence-corrected chi connectivity index (χ3v) is 3.54. The molecule has 0 spiro atoms. The van der Waals surface area contributed by atoms with E-state index in [1.165, 1.54) is 12.1 Å². The van der Waals surface area contributed by atoms with Gasteiger partial charge in [0.15, 0.2) is 22.5 Å². The summed E-state index contributed by atoms with van der Waals surface area (Å²) in [6.07, 6.45) is 0. The van der Waals surface area contributed by atoms with Crippen LogP contribution in [0.25, 0.3) is 0 Å². The number of hydrogen-bond donors (Lipinski definition) is 2. The predicted molar refractivity (Wildman–Crippen MR) is 88.0 cm³/mol. The van der Waals surface area contributed by atoms with Gasteiger partial charge in [-0.1, -0.05) is 23.7 Å². The first kappa shape index (κ1) is 18.9. The molecule has 0 fully saturated rings. The Morgan fingerprint density at radius 2 is 1.64 bits per heavy atom. The van der Waals surface area contributed by atoms with Crippen LogP contribution in [0.2, 0.25) is 5.02 Å². The van der Waals surface area contributed by atoms with Crippen LogP contribution in [0.3, 0.4) is 0 Å². The highest BCUT2D eigenvalue weighted by atomic mass is 35.5. The molecule has 2 aromatic carbocycles. The second-order valence-corrected chi connectivity index (χ2v) is 5.37. The number of carbonyl (C=O) groups is 1. The lowest BCUT2D eigenvalue weighted by atomic mass is 10.1. The smallest absolute Gasteiger partial charge is 0.263 e. The summed E-state index contributed by atoms with van der Waals surface area (Å²) < 4.78 is 59.3. The monoisotopic (exact) mass is 392 g/mol. The first-order valence-corrected chi connectivity index (χ1v) is 7.33. The summed E-state index contributed by atoms with van der Waals surface area (Å²) in [5, 5.41) is 4.31. The Balaban J connectivity index is 2.27. The minimum atomic E-state index is -1.91. The van der Waals surface area contributed by atoms with Crippen LogP contribution in [0.1, 0.15) is 10.4 Å². The average molecular weight is 393 g/mol. The van der Waals surface area contributed by atoms with E-state index in [0.29, 0.717) is 5.69 Å². The van der Waals surface area contributed by atoms with E-state index in [1.807, 2.05) is 5.32 Å². The number of para-hydroxylation sites is 1. The van der Waals surface area contributed by atoms with Crippen molar-refractivity contribution < 1.29 is 27.1 Å². The van der Waals surface area contributed by atoms with Crippen LogP contribution in [0.4, 0.5) is 23.2 Å². The van der Waals surface area contributed by atoms with Crippen LogP contribution in [-0.4, -0.2) is 18.1 Å². The molecule has 0 bridgehead atoms. The molecule has 0 aromatic heterocycles. The molecule has 2 aromatic rings. The van der Waals surface area contributed by atoms with Crippen LogP contribution >= 0.6 is 23.8 Å². The molecule has 0 aliphatic carbocycles. The van der Waals surface area contributed by atoms with Gasteiger partial charge in [-0.25, -0.2) is 8.78 Å². The van der Waals surface area contributed by atoms with Gasteiger partial charge >= 0.3 is 0 Å². The van der Waals surface area contributed by atoms with Crippen molar-refractivity contribution >= 4 is 40.5 Å². The van der Waals surface area contributed by atoms with Crippen molar-refractivity contribution in [2.24, 2.45) is 0 Å². The van der Waals surface area contributed by atoms with Gasteiger partial charge in [-0.15, -0.1) is 0 Å². The number of hydrogen-bond acceptors (Lipinski definition) is 3. The number of benzene rings is 2. The Morgan fingerprint density at radius 1 is 1.08 bits per heavy atom. The van der Waals surface area contributed by atoms with Gasteiger partial charge in [0.2, 0.25) is 11.6 Å². The SMILES string of the molecule is COc1c(F)c(F)c(C(=O)NC(=S)Nc2ccccc2Cl)c(F)c1F. The Labute approximate surface area is 149 Å². The maximum atomic E-state index is 13.9. The van der Waals surface area contributed by atoms with E-state index in [4.69, 9.17) is 23.8 Å². The molecule has 25 heavy (non-hydrogen) atoms. The molecular weight excluding hydrogens is 384 g/mol. The standard InChI is InChI=1S/C15H9ClF4N2O2S/c1-24-13-11(19)9(17)8(10(18)12(13)20)14(23)22-15(25)21-7-5-3-2-4-6(7)16/h2-5H,1H3,(H2,21,22,23,25). The molecule has 2 rings (SSSR count). The maximum Gasteiger partial charge on any atom is 0.263 e. The number of halogens is 5. The molecule has 1 amide bonds. The van der Waals surface area contributed by atoms with Crippen LogP contribution in [0.5, 0.6) is 5.75 Å². The first-order chi connectivity index (χ1) is 11.8. The number of carbonyl (C=O) groups excluding carboxylic acids is 1. The van der Waals surface area contributed by atoms with Crippen molar-refractivity contribution in [1.82, 2.24) is 5.32 Å². The van der Waals surface area contributed by atoms with Crippen molar-refractivity contribution in [2.45, 2.75) is 0 Å².